The summed E-state index contributed by atoms with van der Waals surface area (Å²) in [7, 11) is 0. The third-order valence-electron chi connectivity index (χ3n) is 2.48. The number of rotatable bonds is 4. The van der Waals surface area contributed by atoms with Crippen LogP contribution in [0.15, 0.2) is 28.3 Å². The minimum Gasteiger partial charge on any atom is -0.462 e. The Morgan fingerprint density at radius 3 is 2.89 bits per heavy atom. The number of hydrogen-bond acceptors (Lipinski definition) is 6. The lowest BCUT2D eigenvalue weighted by molar-refractivity contribution is -0.139. The summed E-state index contributed by atoms with van der Waals surface area (Å²) >= 11 is 0. The van der Waals surface area contributed by atoms with Crippen LogP contribution in [0.4, 0.5) is 0 Å². The van der Waals surface area contributed by atoms with Crippen LogP contribution in [-0.2, 0) is 14.3 Å². The Morgan fingerprint density at radius 1 is 1.42 bits per heavy atom. The zero-order valence-electron chi connectivity index (χ0n) is 10.5. The summed E-state index contributed by atoms with van der Waals surface area (Å²) in [6, 6.07) is 5.14. The Morgan fingerprint density at radius 2 is 2.21 bits per heavy atom. The fourth-order valence-electron chi connectivity index (χ4n) is 1.61. The molecule has 0 unspecified atom stereocenters. The van der Waals surface area contributed by atoms with Crippen molar-refractivity contribution in [1.29, 1.82) is 0 Å². The van der Waals surface area contributed by atoms with Crippen LogP contribution >= 0.6 is 0 Å². The van der Waals surface area contributed by atoms with Gasteiger partial charge in [0.25, 0.3) is 0 Å². The van der Waals surface area contributed by atoms with E-state index in [0.29, 0.717) is 16.7 Å². The molecule has 6 nitrogen and oxygen atoms in total. The summed E-state index contributed by atoms with van der Waals surface area (Å²) in [5.74, 6) is -1.02. The van der Waals surface area contributed by atoms with Gasteiger partial charge in [-0.05, 0) is 26.0 Å². The first kappa shape index (κ1) is 12.9. The van der Waals surface area contributed by atoms with Crippen LogP contribution in [-0.4, -0.2) is 28.7 Å². The van der Waals surface area contributed by atoms with Crippen molar-refractivity contribution in [2.24, 2.45) is 0 Å². The largest absolute Gasteiger partial charge is 0.462 e. The van der Waals surface area contributed by atoms with Crippen molar-refractivity contribution in [3.05, 3.63) is 29.3 Å². The fraction of sp³-hybridized carbons (Fsp3) is 0.231. The highest BCUT2D eigenvalue weighted by Crippen LogP contribution is 2.19. The molecule has 19 heavy (non-hydrogen) atoms. The fourth-order valence-corrected chi connectivity index (χ4v) is 1.61. The summed E-state index contributed by atoms with van der Waals surface area (Å²) in [6.07, 6.45) is 1.44. The lowest BCUT2D eigenvalue weighted by atomic mass is 10.1. The molecular formula is C13H12N2O4. The molecule has 0 aliphatic carbocycles. The molecule has 6 heteroatoms. The van der Waals surface area contributed by atoms with Crippen molar-refractivity contribution in [3.63, 3.8) is 0 Å². The Bertz CT molecular complexity index is 657. The topological polar surface area (TPSA) is 82.3 Å². The van der Waals surface area contributed by atoms with Gasteiger partial charge in [-0.25, -0.2) is 4.79 Å². The number of fused-ring (bicyclic) bond motifs is 1. The number of nitrogens with zero attached hydrogens (tertiary/aromatic N) is 2. The summed E-state index contributed by atoms with van der Waals surface area (Å²) in [5, 5.41) is 7.25. The highest BCUT2D eigenvalue weighted by Gasteiger charge is 2.16. The number of carbonyl (C=O) groups is 2. The molecule has 0 saturated heterocycles. The van der Waals surface area contributed by atoms with E-state index in [9.17, 15) is 9.59 Å². The first-order valence-electron chi connectivity index (χ1n) is 5.74. The lowest BCUT2D eigenvalue weighted by Crippen LogP contribution is -2.13. The average molecular weight is 260 g/mol. The molecule has 0 aliphatic heterocycles. The van der Waals surface area contributed by atoms with Gasteiger partial charge < -0.3 is 9.26 Å². The lowest BCUT2D eigenvalue weighted by Gasteiger charge is -2.03. The van der Waals surface area contributed by atoms with E-state index in [2.05, 4.69) is 10.4 Å². The molecule has 1 aromatic heterocycles. The van der Waals surface area contributed by atoms with Crippen LogP contribution in [0, 0.1) is 0 Å². The summed E-state index contributed by atoms with van der Waals surface area (Å²) in [6.45, 7) is 3.20. The standard InChI is InChI=1S/C13H12N2O4/c1-3-18-13(17)10(8(2)16)7-9-5-4-6-11-12(9)14-15-19-11/h4-7H,3H2,1-2H3/b10-7-. The SMILES string of the molecule is CCOC(=O)/C(=C\c1cccc2onnc12)C(C)=O. The Labute approximate surface area is 109 Å². The quantitative estimate of drug-likeness (QED) is 0.360. The predicted molar refractivity (Wildman–Crippen MR) is 67.1 cm³/mol. The van der Waals surface area contributed by atoms with Gasteiger partial charge in [-0.15, -0.1) is 5.10 Å². The minimum atomic E-state index is -0.650. The predicted octanol–water partition coefficient (Wildman–Crippen LogP) is 1.76. The van der Waals surface area contributed by atoms with Gasteiger partial charge in [-0.1, -0.05) is 12.1 Å². The molecule has 0 spiro atoms. The average Bonchev–Trinajstić information content (AvgIpc) is 2.84. The van der Waals surface area contributed by atoms with Crippen LogP contribution in [0.25, 0.3) is 17.2 Å². The second kappa shape index (κ2) is 5.43. The van der Waals surface area contributed by atoms with Crippen molar-refractivity contribution in [2.75, 3.05) is 6.61 Å². The normalized spacial score (nSPS) is 11.6. The number of aromatic nitrogens is 2. The van der Waals surface area contributed by atoms with Gasteiger partial charge >= 0.3 is 5.97 Å². The van der Waals surface area contributed by atoms with Crippen LogP contribution < -0.4 is 0 Å². The Balaban J connectivity index is 2.49. The molecule has 2 aromatic rings. The summed E-state index contributed by atoms with van der Waals surface area (Å²) in [5.41, 5.74) is 1.53. The zero-order valence-corrected chi connectivity index (χ0v) is 10.5. The second-order valence-electron chi connectivity index (χ2n) is 3.80. The van der Waals surface area contributed by atoms with Crippen molar-refractivity contribution in [1.82, 2.24) is 10.4 Å². The maximum absolute atomic E-state index is 11.7. The van der Waals surface area contributed by atoms with Crippen molar-refractivity contribution < 1.29 is 18.8 Å². The third kappa shape index (κ3) is 2.67. The molecule has 0 fully saturated rings. The maximum Gasteiger partial charge on any atom is 0.341 e. The van der Waals surface area contributed by atoms with E-state index in [4.69, 9.17) is 9.26 Å². The highest BCUT2D eigenvalue weighted by atomic mass is 16.5. The van der Waals surface area contributed by atoms with Crippen LogP contribution in [0.3, 0.4) is 0 Å². The molecule has 1 heterocycles. The van der Waals surface area contributed by atoms with E-state index in [0.717, 1.165) is 0 Å². The molecule has 1 aromatic carbocycles. The third-order valence-corrected chi connectivity index (χ3v) is 2.48. The number of ether oxygens (including phenoxy) is 1. The van der Waals surface area contributed by atoms with Crippen LogP contribution in [0.1, 0.15) is 19.4 Å². The van der Waals surface area contributed by atoms with E-state index >= 15 is 0 Å². The molecule has 0 atom stereocenters. The van der Waals surface area contributed by atoms with Gasteiger partial charge in [0.15, 0.2) is 11.4 Å². The highest BCUT2D eigenvalue weighted by molar-refractivity contribution is 6.20. The molecule has 0 amide bonds. The van der Waals surface area contributed by atoms with E-state index < -0.39 is 5.97 Å². The van der Waals surface area contributed by atoms with E-state index in [1.54, 1.807) is 25.1 Å². The zero-order chi connectivity index (χ0) is 13.8. The van der Waals surface area contributed by atoms with Gasteiger partial charge in [0.2, 0.25) is 0 Å². The summed E-state index contributed by atoms with van der Waals surface area (Å²) in [4.78, 5) is 23.2. The molecule has 0 N–H and O–H groups in total. The Kier molecular flexibility index (Phi) is 3.70. The van der Waals surface area contributed by atoms with Gasteiger partial charge in [0.1, 0.15) is 11.1 Å². The van der Waals surface area contributed by atoms with Gasteiger partial charge in [-0.2, -0.15) is 0 Å². The van der Waals surface area contributed by atoms with Crippen molar-refractivity contribution in [3.8, 4) is 0 Å². The molecule has 2 rings (SSSR count). The number of esters is 1. The van der Waals surface area contributed by atoms with E-state index in [-0.39, 0.29) is 18.0 Å². The van der Waals surface area contributed by atoms with Gasteiger partial charge in [0.05, 0.1) is 6.61 Å². The first-order chi connectivity index (χ1) is 9.13. The van der Waals surface area contributed by atoms with E-state index in [1.165, 1.54) is 13.0 Å². The first-order valence-corrected chi connectivity index (χ1v) is 5.74. The smallest absolute Gasteiger partial charge is 0.341 e. The molecule has 98 valence electrons. The molecular weight excluding hydrogens is 248 g/mol. The molecule has 0 saturated carbocycles. The second-order valence-corrected chi connectivity index (χ2v) is 3.80. The Hall–Kier alpha value is -2.50. The van der Waals surface area contributed by atoms with Gasteiger partial charge in [0, 0.05) is 10.8 Å². The number of benzene rings is 1. The number of ketones is 1. The molecule has 0 radical (unpaired) electrons. The monoisotopic (exact) mass is 260 g/mol. The van der Waals surface area contributed by atoms with Gasteiger partial charge in [-0.3, -0.25) is 4.79 Å². The molecule has 0 bridgehead atoms. The number of hydrogen-bond donors (Lipinski definition) is 0. The van der Waals surface area contributed by atoms with E-state index in [1.807, 2.05) is 0 Å². The van der Waals surface area contributed by atoms with Crippen molar-refractivity contribution in [2.45, 2.75) is 13.8 Å². The number of carbonyl (C=O) groups excluding carboxylic acids is 2. The minimum absolute atomic E-state index is 0.0302. The maximum atomic E-state index is 11.7. The van der Waals surface area contributed by atoms with Crippen LogP contribution in [0.2, 0.25) is 0 Å². The molecule has 0 aliphatic rings. The van der Waals surface area contributed by atoms with Crippen LogP contribution in [0.5, 0.6) is 0 Å². The summed E-state index contributed by atoms with van der Waals surface area (Å²) < 4.78 is 9.76. The number of Topliss-reactive ketones (excluding diaryl/α,β-unsaturated/α-hetero) is 1. The van der Waals surface area contributed by atoms with Crippen molar-refractivity contribution >= 4 is 28.9 Å².